The van der Waals surface area contributed by atoms with Gasteiger partial charge in [-0.05, 0) is 18.6 Å². The van der Waals surface area contributed by atoms with Crippen LogP contribution in [-0.4, -0.2) is 37.6 Å². The highest BCUT2D eigenvalue weighted by molar-refractivity contribution is 6.32. The first-order chi connectivity index (χ1) is 13.0. The quantitative estimate of drug-likeness (QED) is 0.672. The molecule has 0 radical (unpaired) electrons. The van der Waals surface area contributed by atoms with E-state index in [9.17, 15) is 9.59 Å². The number of nitrogens with one attached hydrogen (secondary N) is 2. The fourth-order valence-corrected chi connectivity index (χ4v) is 2.53. The molecule has 0 spiro atoms. The minimum Gasteiger partial charge on any atom is -0.495 e. The van der Waals surface area contributed by atoms with Gasteiger partial charge in [-0.1, -0.05) is 31.0 Å². The molecule has 0 unspecified atom stereocenters. The van der Waals surface area contributed by atoms with Crippen LogP contribution in [0.4, 0.5) is 5.69 Å². The topological polar surface area (TPSA) is 89.6 Å². The predicted molar refractivity (Wildman–Crippen MR) is 104 cm³/mol. The number of benzene rings is 1. The normalized spacial score (nSPS) is 10.2. The lowest BCUT2D eigenvalue weighted by molar-refractivity contribution is 0.0948. The zero-order valence-electron chi connectivity index (χ0n) is 15.5. The van der Waals surface area contributed by atoms with Crippen LogP contribution >= 0.6 is 11.6 Å². The molecule has 0 fully saturated rings. The average Bonchev–Trinajstić information content (AvgIpc) is 2.69. The van der Waals surface area contributed by atoms with Crippen molar-refractivity contribution in [2.45, 2.75) is 19.8 Å². The molecule has 0 aliphatic carbocycles. The summed E-state index contributed by atoms with van der Waals surface area (Å²) in [6, 6.07) is 7.79. The fraction of sp³-hybridized carbons (Fsp3) is 0.316. The molecule has 0 saturated heterocycles. The molecule has 0 saturated carbocycles. The van der Waals surface area contributed by atoms with Crippen molar-refractivity contribution in [3.8, 4) is 11.5 Å². The first kappa shape index (κ1) is 20.5. The maximum Gasteiger partial charge on any atom is 0.274 e. The number of carbonyl (C=O) groups is 2. The van der Waals surface area contributed by atoms with E-state index in [1.165, 1.54) is 20.3 Å². The zero-order chi connectivity index (χ0) is 19.8. The van der Waals surface area contributed by atoms with Gasteiger partial charge in [0.25, 0.3) is 11.8 Å². The molecule has 144 valence electrons. The molecule has 0 aliphatic heterocycles. The van der Waals surface area contributed by atoms with E-state index in [1.54, 1.807) is 24.3 Å². The molecule has 1 aromatic carbocycles. The van der Waals surface area contributed by atoms with E-state index in [0.29, 0.717) is 28.8 Å². The van der Waals surface area contributed by atoms with E-state index in [0.717, 1.165) is 12.8 Å². The lowest BCUT2D eigenvalue weighted by atomic mass is 10.2. The largest absolute Gasteiger partial charge is 0.495 e. The molecule has 1 heterocycles. The minimum atomic E-state index is -0.485. The molecule has 0 bridgehead atoms. The number of hydrogen-bond donors (Lipinski definition) is 2. The van der Waals surface area contributed by atoms with Gasteiger partial charge in [-0.25, -0.2) is 4.98 Å². The van der Waals surface area contributed by atoms with Crippen molar-refractivity contribution in [3.63, 3.8) is 0 Å². The van der Waals surface area contributed by atoms with Gasteiger partial charge in [0, 0.05) is 18.7 Å². The molecule has 7 nitrogen and oxygen atoms in total. The second kappa shape index (κ2) is 9.78. The molecule has 1 aromatic heterocycles. The third-order valence-electron chi connectivity index (χ3n) is 3.75. The van der Waals surface area contributed by atoms with Crippen molar-refractivity contribution < 1.29 is 19.1 Å². The number of amides is 2. The van der Waals surface area contributed by atoms with Gasteiger partial charge in [0.1, 0.15) is 22.9 Å². The summed E-state index contributed by atoms with van der Waals surface area (Å²) in [6.45, 7) is 2.60. The van der Waals surface area contributed by atoms with Crippen LogP contribution in [0.5, 0.6) is 11.5 Å². The number of hydrogen-bond acceptors (Lipinski definition) is 5. The summed E-state index contributed by atoms with van der Waals surface area (Å²) < 4.78 is 10.4. The predicted octanol–water partition coefficient (Wildman–Crippen LogP) is 3.53. The number of pyridine rings is 1. The smallest absolute Gasteiger partial charge is 0.274 e. The van der Waals surface area contributed by atoms with Crippen molar-refractivity contribution in [2.24, 2.45) is 0 Å². The number of carbonyl (C=O) groups excluding carboxylic acids is 2. The van der Waals surface area contributed by atoms with Gasteiger partial charge in [-0.15, -0.1) is 0 Å². The summed E-state index contributed by atoms with van der Waals surface area (Å²) in [4.78, 5) is 28.8. The third-order valence-corrected chi connectivity index (χ3v) is 4.05. The van der Waals surface area contributed by atoms with Crippen LogP contribution in [0.2, 0.25) is 5.02 Å². The molecule has 2 amide bonds. The number of aromatic nitrogens is 1. The van der Waals surface area contributed by atoms with Crippen LogP contribution in [0.3, 0.4) is 0 Å². The number of anilines is 1. The summed E-state index contributed by atoms with van der Waals surface area (Å²) in [6.07, 6.45) is 1.85. The summed E-state index contributed by atoms with van der Waals surface area (Å²) in [7, 11) is 2.94. The lowest BCUT2D eigenvalue weighted by Crippen LogP contribution is -2.26. The van der Waals surface area contributed by atoms with E-state index in [4.69, 9.17) is 21.1 Å². The van der Waals surface area contributed by atoms with E-state index in [-0.39, 0.29) is 17.3 Å². The standard InChI is InChI=1S/C19H22ClN3O4/c1-4-5-9-21-18(24)13-7-6-8-14(22-13)19(25)23-15-11-16(26-2)12(20)10-17(15)27-3/h6-8,10-11H,4-5,9H2,1-3H3,(H,21,24)(H,23,25). The Bertz CT molecular complexity index is 827. The van der Waals surface area contributed by atoms with E-state index < -0.39 is 5.91 Å². The van der Waals surface area contributed by atoms with Gasteiger partial charge < -0.3 is 20.1 Å². The third kappa shape index (κ3) is 5.34. The second-order valence-electron chi connectivity index (χ2n) is 5.66. The van der Waals surface area contributed by atoms with Gasteiger partial charge in [0.2, 0.25) is 0 Å². The number of halogens is 1. The average molecular weight is 392 g/mol. The highest BCUT2D eigenvalue weighted by Gasteiger charge is 2.16. The van der Waals surface area contributed by atoms with Crippen LogP contribution < -0.4 is 20.1 Å². The highest BCUT2D eigenvalue weighted by Crippen LogP contribution is 2.36. The molecule has 0 aliphatic rings. The first-order valence-electron chi connectivity index (χ1n) is 8.48. The summed E-state index contributed by atoms with van der Waals surface area (Å²) in [5, 5.41) is 5.83. The van der Waals surface area contributed by atoms with Crippen molar-refractivity contribution >= 4 is 29.1 Å². The SMILES string of the molecule is CCCCNC(=O)c1cccc(C(=O)Nc2cc(OC)c(Cl)cc2OC)n1. The summed E-state index contributed by atoms with van der Waals surface area (Å²) >= 11 is 6.07. The van der Waals surface area contributed by atoms with Crippen molar-refractivity contribution in [2.75, 3.05) is 26.1 Å². The van der Waals surface area contributed by atoms with Gasteiger partial charge in [0.15, 0.2) is 0 Å². The Morgan fingerprint density at radius 2 is 1.74 bits per heavy atom. The Labute approximate surface area is 163 Å². The van der Waals surface area contributed by atoms with E-state index >= 15 is 0 Å². The molecular weight excluding hydrogens is 370 g/mol. The minimum absolute atomic E-state index is 0.106. The van der Waals surface area contributed by atoms with E-state index in [1.807, 2.05) is 6.92 Å². The molecule has 2 aromatic rings. The Kier molecular flexibility index (Phi) is 7.43. The van der Waals surface area contributed by atoms with Crippen LogP contribution in [0.15, 0.2) is 30.3 Å². The van der Waals surface area contributed by atoms with Crippen LogP contribution in [0.25, 0.3) is 0 Å². The van der Waals surface area contributed by atoms with Crippen molar-refractivity contribution in [1.29, 1.82) is 0 Å². The zero-order valence-corrected chi connectivity index (χ0v) is 16.2. The summed E-state index contributed by atoms with van der Waals surface area (Å²) in [5.41, 5.74) is 0.664. The number of methoxy groups -OCH3 is 2. The molecule has 8 heteroatoms. The molecule has 2 rings (SSSR count). The van der Waals surface area contributed by atoms with Gasteiger partial charge in [0.05, 0.1) is 24.9 Å². The summed E-state index contributed by atoms with van der Waals surface area (Å²) in [5.74, 6) is -0.0304. The van der Waals surface area contributed by atoms with Crippen molar-refractivity contribution in [1.82, 2.24) is 10.3 Å². The molecular formula is C19H22ClN3O4. The number of nitrogens with zero attached hydrogens (tertiary/aromatic N) is 1. The first-order valence-corrected chi connectivity index (χ1v) is 8.86. The number of ether oxygens (including phenoxy) is 2. The molecule has 27 heavy (non-hydrogen) atoms. The Balaban J connectivity index is 2.19. The Hall–Kier alpha value is -2.80. The number of unbranched alkanes of at least 4 members (excludes halogenated alkanes) is 1. The van der Waals surface area contributed by atoms with Crippen LogP contribution in [-0.2, 0) is 0 Å². The molecule has 0 atom stereocenters. The lowest BCUT2D eigenvalue weighted by Gasteiger charge is -2.13. The highest BCUT2D eigenvalue weighted by atomic mass is 35.5. The van der Waals surface area contributed by atoms with Crippen LogP contribution in [0.1, 0.15) is 40.7 Å². The number of rotatable bonds is 8. The Morgan fingerprint density at radius 1 is 1.07 bits per heavy atom. The molecule has 2 N–H and O–H groups in total. The van der Waals surface area contributed by atoms with Crippen molar-refractivity contribution in [3.05, 3.63) is 46.7 Å². The van der Waals surface area contributed by atoms with Gasteiger partial charge >= 0.3 is 0 Å². The van der Waals surface area contributed by atoms with Gasteiger partial charge in [-0.3, -0.25) is 9.59 Å². The monoisotopic (exact) mass is 391 g/mol. The fourth-order valence-electron chi connectivity index (χ4n) is 2.30. The maximum atomic E-state index is 12.6. The van der Waals surface area contributed by atoms with E-state index in [2.05, 4.69) is 15.6 Å². The second-order valence-corrected chi connectivity index (χ2v) is 6.07. The Morgan fingerprint density at radius 3 is 2.37 bits per heavy atom. The van der Waals surface area contributed by atoms with Crippen LogP contribution in [0, 0.1) is 0 Å². The maximum absolute atomic E-state index is 12.6. The van der Waals surface area contributed by atoms with Gasteiger partial charge in [-0.2, -0.15) is 0 Å².